The molecule has 6 aliphatic rings. The maximum absolute atomic E-state index is 13.7. The summed E-state index contributed by atoms with van der Waals surface area (Å²) in [5.74, 6) is 0.631. The van der Waals surface area contributed by atoms with Gasteiger partial charge in [0.15, 0.2) is 0 Å². The first-order valence-corrected chi connectivity index (χ1v) is 27.9. The van der Waals surface area contributed by atoms with Crippen LogP contribution in [0.1, 0.15) is 91.6 Å². The standard InChI is InChI=1S/C62H72N6O14/c69-59-55-41-45(42-56(67-55)60(70)64-48-11-19-52(20-12-48)80-38-34-76-30-26-73-25-29-75-33-37-79-51-17-9-47(63-59)10-18-51)7-5-3-1-2-4-6-8-46-43-57-61(71)65-49-13-21-53(22-14-49)81-39-35-77-31-27-74-28-32-78-36-40-82-54-23-15-50(16-24-54)66-62(72)58(44-46)68-57/h9-24,41-44H,1-8,25-40H2,(H,63,69)(H,64,70)(H,65,71)(H,66,72). The Kier molecular flexibility index (Phi) is 24.7. The Bertz CT molecular complexity index is 2550. The molecule has 6 aliphatic heterocycles. The number of ether oxygens (including phenoxy) is 10. The number of nitrogens with zero attached hydrogens (tertiary/aromatic N) is 2. The molecule has 2 aromatic heterocycles. The number of unbranched alkanes of at least 4 members (excludes halogenated alkanes) is 5. The molecule has 4 N–H and O–H groups in total. The van der Waals surface area contributed by atoms with E-state index in [2.05, 4.69) is 31.2 Å². The van der Waals surface area contributed by atoms with E-state index in [0.29, 0.717) is 164 Å². The van der Waals surface area contributed by atoms with Crippen LogP contribution in [0.3, 0.4) is 0 Å². The molecule has 8 heterocycles. The Morgan fingerprint density at radius 3 is 0.720 bits per heavy atom. The summed E-state index contributed by atoms with van der Waals surface area (Å²) in [4.78, 5) is 63.9. The van der Waals surface area contributed by atoms with E-state index < -0.39 is 23.6 Å². The number of aromatic nitrogens is 2. The maximum atomic E-state index is 13.7. The zero-order valence-corrected chi connectivity index (χ0v) is 46.1. The van der Waals surface area contributed by atoms with Gasteiger partial charge in [0.2, 0.25) is 0 Å². The van der Waals surface area contributed by atoms with Crippen molar-refractivity contribution in [3.63, 3.8) is 0 Å². The van der Waals surface area contributed by atoms with Crippen molar-refractivity contribution in [3.8, 4) is 23.0 Å². The second-order valence-electron chi connectivity index (χ2n) is 19.1. The van der Waals surface area contributed by atoms with Crippen molar-refractivity contribution < 1.29 is 66.5 Å². The number of nitrogens with one attached hydrogen (secondary N) is 4. The number of aryl methyl sites for hydroxylation is 2. The molecule has 0 spiro atoms. The largest absolute Gasteiger partial charge is 0.491 e. The van der Waals surface area contributed by atoms with Gasteiger partial charge in [0.1, 0.15) is 72.2 Å². The van der Waals surface area contributed by atoms with E-state index in [1.165, 1.54) is 0 Å². The predicted octanol–water partition coefficient (Wildman–Crippen LogP) is 9.25. The summed E-state index contributed by atoms with van der Waals surface area (Å²) in [7, 11) is 0. The Labute approximate surface area is 477 Å². The molecule has 20 nitrogen and oxygen atoms in total. The van der Waals surface area contributed by atoms with Crippen molar-refractivity contribution in [2.45, 2.75) is 51.4 Å². The third-order valence-electron chi connectivity index (χ3n) is 12.8. The summed E-state index contributed by atoms with van der Waals surface area (Å²) in [6.45, 7) is 6.34. The minimum Gasteiger partial charge on any atom is -0.491 e. The molecule has 0 fully saturated rings. The van der Waals surface area contributed by atoms with E-state index in [4.69, 9.17) is 47.4 Å². The summed E-state index contributed by atoms with van der Waals surface area (Å²) in [6.07, 6.45) is 6.56. The maximum Gasteiger partial charge on any atom is 0.274 e. The lowest BCUT2D eigenvalue weighted by atomic mass is 10.0. The lowest BCUT2D eigenvalue weighted by Gasteiger charge is -2.12. The lowest BCUT2D eigenvalue weighted by molar-refractivity contribution is 0.00499. The van der Waals surface area contributed by atoms with E-state index in [1.54, 1.807) is 121 Å². The monoisotopic (exact) mass is 1120 g/mol. The molecule has 6 aromatic rings. The molecule has 4 amide bonds. The van der Waals surface area contributed by atoms with Crippen LogP contribution in [-0.2, 0) is 41.3 Å². The van der Waals surface area contributed by atoms with Gasteiger partial charge in [-0.05, 0) is 158 Å². The van der Waals surface area contributed by atoms with Crippen LogP contribution in [0, 0.1) is 0 Å². The molecule has 0 saturated heterocycles. The number of pyridine rings is 2. The molecule has 20 heteroatoms. The Morgan fingerprint density at radius 1 is 0.280 bits per heavy atom. The third kappa shape index (κ3) is 21.2. The number of fused-ring (bicyclic) bond motifs is 4. The summed E-state index contributed by atoms with van der Waals surface area (Å²) >= 11 is 0. The molecular weight excluding hydrogens is 1050 g/mol. The zero-order valence-electron chi connectivity index (χ0n) is 46.1. The highest BCUT2D eigenvalue weighted by Crippen LogP contribution is 2.23. The lowest BCUT2D eigenvalue weighted by Crippen LogP contribution is -2.19. The normalized spacial score (nSPS) is 16.2. The fraction of sp³-hybridized carbons (Fsp3) is 0.387. The Balaban J connectivity index is 0.869. The summed E-state index contributed by atoms with van der Waals surface area (Å²) < 4.78 is 56.8. The first-order valence-electron chi connectivity index (χ1n) is 27.9. The van der Waals surface area contributed by atoms with E-state index in [1.807, 2.05) is 0 Å². The number of amides is 4. The molecule has 434 valence electrons. The molecule has 0 atom stereocenters. The van der Waals surface area contributed by atoms with E-state index in [0.717, 1.165) is 49.7 Å². The van der Waals surface area contributed by atoms with Crippen molar-refractivity contribution in [2.75, 3.05) is 127 Å². The molecule has 4 aromatic carbocycles. The molecule has 0 radical (unpaired) electrons. The SMILES string of the molecule is O=C1Nc2ccc(cc2)OCCOCCOCCOCCOc2ccc(cc2)NC(=O)c2cc(CCCCCCCCc3cc4nc(c3)C(=O)Nc3ccc(cc3)OCCOCCOCCOCCOc3ccc(cc3)NC4=O)cc1n2. The van der Waals surface area contributed by atoms with Gasteiger partial charge in [-0.15, -0.1) is 0 Å². The fourth-order valence-electron chi connectivity index (χ4n) is 8.57. The fourth-order valence-corrected chi connectivity index (χ4v) is 8.57. The van der Waals surface area contributed by atoms with Crippen LogP contribution >= 0.6 is 0 Å². The number of hydrogen-bond donors (Lipinski definition) is 4. The van der Waals surface area contributed by atoms with Crippen LogP contribution in [0.15, 0.2) is 121 Å². The van der Waals surface area contributed by atoms with Crippen molar-refractivity contribution in [3.05, 3.63) is 155 Å². The van der Waals surface area contributed by atoms with Crippen molar-refractivity contribution in [2.24, 2.45) is 0 Å². The Hall–Kier alpha value is -7.98. The highest BCUT2D eigenvalue weighted by atomic mass is 16.6. The first kappa shape index (κ1) is 60.1. The Morgan fingerprint density at radius 2 is 0.488 bits per heavy atom. The minimum atomic E-state index is -0.460. The topological polar surface area (TPSA) is 234 Å². The van der Waals surface area contributed by atoms with Gasteiger partial charge in [-0.3, -0.25) is 19.2 Å². The number of benzene rings is 4. The van der Waals surface area contributed by atoms with Crippen LogP contribution in [0.5, 0.6) is 23.0 Å². The number of anilines is 4. The first-order chi connectivity index (χ1) is 40.3. The highest BCUT2D eigenvalue weighted by molar-refractivity contribution is 6.07. The van der Waals surface area contributed by atoms with Gasteiger partial charge in [0, 0.05) is 22.7 Å². The van der Waals surface area contributed by atoms with Gasteiger partial charge < -0.3 is 68.6 Å². The molecule has 82 heavy (non-hydrogen) atoms. The van der Waals surface area contributed by atoms with Crippen molar-refractivity contribution >= 4 is 46.4 Å². The third-order valence-corrected chi connectivity index (χ3v) is 12.8. The van der Waals surface area contributed by atoms with Gasteiger partial charge in [0.25, 0.3) is 23.6 Å². The average molecular weight is 1130 g/mol. The van der Waals surface area contributed by atoms with E-state index >= 15 is 0 Å². The van der Waals surface area contributed by atoms with Gasteiger partial charge in [-0.1, -0.05) is 25.7 Å². The summed E-state index contributed by atoms with van der Waals surface area (Å²) in [5.41, 5.74) is 4.18. The minimum absolute atomic E-state index is 0.108. The highest BCUT2D eigenvalue weighted by Gasteiger charge is 2.19. The molecular formula is C62H72N6O14. The second-order valence-corrected chi connectivity index (χ2v) is 19.1. The van der Waals surface area contributed by atoms with Crippen LogP contribution < -0.4 is 40.2 Å². The number of rotatable bonds is 9. The van der Waals surface area contributed by atoms with Gasteiger partial charge in [-0.25, -0.2) is 9.97 Å². The van der Waals surface area contributed by atoms with Gasteiger partial charge in [-0.2, -0.15) is 0 Å². The van der Waals surface area contributed by atoms with Gasteiger partial charge in [0.05, 0.1) is 79.3 Å². The quantitative estimate of drug-likeness (QED) is 0.0988. The number of carbonyl (C=O) groups is 4. The number of carbonyl (C=O) groups excluding carboxylic acids is 4. The number of hydrogen-bond acceptors (Lipinski definition) is 16. The van der Waals surface area contributed by atoms with Gasteiger partial charge >= 0.3 is 0 Å². The zero-order chi connectivity index (χ0) is 56.8. The average Bonchev–Trinajstić information content (AvgIpc) is 3.54. The van der Waals surface area contributed by atoms with Crippen molar-refractivity contribution in [1.82, 2.24) is 9.97 Å². The van der Waals surface area contributed by atoms with Crippen LogP contribution in [0.25, 0.3) is 0 Å². The van der Waals surface area contributed by atoms with E-state index in [9.17, 15) is 19.2 Å². The molecule has 0 aliphatic carbocycles. The predicted molar refractivity (Wildman–Crippen MR) is 308 cm³/mol. The second kappa shape index (κ2) is 33.7. The van der Waals surface area contributed by atoms with Crippen molar-refractivity contribution in [1.29, 1.82) is 0 Å². The van der Waals surface area contributed by atoms with E-state index in [-0.39, 0.29) is 22.8 Å². The summed E-state index contributed by atoms with van der Waals surface area (Å²) in [6, 6.07) is 34.9. The molecule has 0 saturated carbocycles. The molecule has 0 unspecified atom stereocenters. The van der Waals surface area contributed by atoms with Crippen LogP contribution in [0.2, 0.25) is 0 Å². The van der Waals surface area contributed by atoms with Crippen LogP contribution in [-0.4, -0.2) is 139 Å². The summed E-state index contributed by atoms with van der Waals surface area (Å²) in [5, 5.41) is 11.6. The van der Waals surface area contributed by atoms with Crippen LogP contribution in [0.4, 0.5) is 22.7 Å². The molecule has 12 rings (SSSR count). The molecule has 12 bridgehead atoms. The smallest absolute Gasteiger partial charge is 0.274 e.